The maximum atomic E-state index is 15.3. The van der Waals surface area contributed by atoms with Gasteiger partial charge >= 0.3 is 0 Å². The Kier molecular flexibility index (Phi) is 7.26. The van der Waals surface area contributed by atoms with Crippen LogP contribution in [0.15, 0.2) is 6.07 Å². The normalized spacial score (nSPS) is 16.9. The second-order valence-electron chi connectivity index (χ2n) is 7.66. The van der Waals surface area contributed by atoms with Crippen molar-refractivity contribution in [3.63, 3.8) is 0 Å². The zero-order chi connectivity index (χ0) is 19.3. The van der Waals surface area contributed by atoms with E-state index in [0.29, 0.717) is 17.9 Å². The van der Waals surface area contributed by atoms with Gasteiger partial charge in [0.25, 0.3) is 0 Å². The van der Waals surface area contributed by atoms with Crippen LogP contribution in [0.3, 0.4) is 0 Å². The number of nitrogens with zero attached hydrogens (tertiary/aromatic N) is 1. The van der Waals surface area contributed by atoms with Crippen LogP contribution in [0.2, 0.25) is 0 Å². The number of hydrogen-bond acceptors (Lipinski definition) is 4. The molecule has 2 rings (SSSR count). The topological polar surface area (TPSA) is 64.6 Å². The maximum absolute atomic E-state index is 15.3. The summed E-state index contributed by atoms with van der Waals surface area (Å²) in [7, 11) is 3.16. The Balaban J connectivity index is 2.23. The molecule has 0 heterocycles. The van der Waals surface area contributed by atoms with Crippen molar-refractivity contribution in [1.82, 2.24) is 10.6 Å². The molecule has 1 amide bonds. The Hall–Kier alpha value is -1.82. The molecule has 0 fully saturated rings. The van der Waals surface area contributed by atoms with Crippen molar-refractivity contribution in [3.05, 3.63) is 23.0 Å². The third kappa shape index (κ3) is 5.10. The van der Waals surface area contributed by atoms with Crippen LogP contribution in [-0.2, 0) is 17.6 Å². The molecule has 0 saturated heterocycles. The smallest absolute Gasteiger partial charge is 0.239 e. The first kappa shape index (κ1) is 20.5. The van der Waals surface area contributed by atoms with Gasteiger partial charge < -0.3 is 20.6 Å². The number of phenolic OH excluding ortho intramolecular Hbond substituents is 1. The minimum absolute atomic E-state index is 0.00413. The highest BCUT2D eigenvalue weighted by atomic mass is 19.1. The van der Waals surface area contributed by atoms with Crippen LogP contribution in [0.5, 0.6) is 5.75 Å². The zero-order valence-corrected chi connectivity index (χ0v) is 16.4. The van der Waals surface area contributed by atoms with Crippen LogP contribution in [0.25, 0.3) is 0 Å². The van der Waals surface area contributed by atoms with Crippen LogP contribution in [0.1, 0.15) is 44.2 Å². The molecule has 0 spiro atoms. The molecule has 1 aliphatic rings. The first-order chi connectivity index (χ1) is 12.3. The van der Waals surface area contributed by atoms with E-state index in [1.54, 1.807) is 13.1 Å². The SMILES string of the molecule is CNC(=O)CN(C)c1c(O)cc2c(c1F)CC(NCCC(C)C)CCC2. The Morgan fingerprint density at radius 2 is 2.19 bits per heavy atom. The van der Waals surface area contributed by atoms with Gasteiger partial charge in [0.2, 0.25) is 5.91 Å². The van der Waals surface area contributed by atoms with Gasteiger partial charge in [-0.15, -0.1) is 0 Å². The van der Waals surface area contributed by atoms with E-state index in [0.717, 1.165) is 37.8 Å². The summed E-state index contributed by atoms with van der Waals surface area (Å²) in [6.07, 6.45) is 4.44. The van der Waals surface area contributed by atoms with E-state index in [1.165, 1.54) is 11.9 Å². The fraction of sp³-hybridized carbons (Fsp3) is 0.650. The minimum atomic E-state index is -0.399. The van der Waals surface area contributed by atoms with Crippen LogP contribution in [0.4, 0.5) is 10.1 Å². The van der Waals surface area contributed by atoms with Gasteiger partial charge in [-0.05, 0) is 61.8 Å². The molecule has 0 bridgehead atoms. The summed E-state index contributed by atoms with van der Waals surface area (Å²) in [5.41, 5.74) is 1.65. The lowest BCUT2D eigenvalue weighted by atomic mass is 9.98. The van der Waals surface area contributed by atoms with Gasteiger partial charge in [-0.2, -0.15) is 0 Å². The van der Waals surface area contributed by atoms with E-state index in [9.17, 15) is 9.90 Å². The summed E-state index contributed by atoms with van der Waals surface area (Å²) in [6, 6.07) is 1.91. The summed E-state index contributed by atoms with van der Waals surface area (Å²) >= 11 is 0. The van der Waals surface area contributed by atoms with Gasteiger partial charge in [0.05, 0.1) is 6.54 Å². The van der Waals surface area contributed by atoms with Gasteiger partial charge in [0.15, 0.2) is 5.82 Å². The number of hydrogen-bond donors (Lipinski definition) is 3. The number of aryl methyl sites for hydroxylation is 1. The molecule has 1 aliphatic carbocycles. The number of amides is 1. The average Bonchev–Trinajstić information content (AvgIpc) is 2.76. The van der Waals surface area contributed by atoms with Gasteiger partial charge in [-0.25, -0.2) is 4.39 Å². The molecule has 1 atom stereocenters. The Morgan fingerprint density at radius 3 is 2.85 bits per heavy atom. The van der Waals surface area contributed by atoms with Crippen LogP contribution in [-0.4, -0.2) is 44.2 Å². The summed E-state index contributed by atoms with van der Waals surface area (Å²) in [5, 5.41) is 16.4. The number of aromatic hydroxyl groups is 1. The lowest BCUT2D eigenvalue weighted by Gasteiger charge is -2.24. The summed E-state index contributed by atoms with van der Waals surface area (Å²) < 4.78 is 15.3. The van der Waals surface area contributed by atoms with Gasteiger partial charge in [0.1, 0.15) is 11.4 Å². The van der Waals surface area contributed by atoms with Gasteiger partial charge in [-0.3, -0.25) is 4.79 Å². The second kappa shape index (κ2) is 9.21. The summed E-state index contributed by atoms with van der Waals surface area (Å²) in [6.45, 7) is 5.32. The van der Waals surface area contributed by atoms with E-state index in [-0.39, 0.29) is 29.9 Å². The number of benzene rings is 1. The fourth-order valence-corrected chi connectivity index (χ4v) is 3.53. The quantitative estimate of drug-likeness (QED) is 0.650. The number of nitrogens with one attached hydrogen (secondary N) is 2. The van der Waals surface area contributed by atoms with Crippen molar-refractivity contribution in [3.8, 4) is 5.75 Å². The number of carbonyl (C=O) groups is 1. The average molecular weight is 365 g/mol. The number of rotatable bonds is 7. The first-order valence-corrected chi connectivity index (χ1v) is 9.51. The molecule has 0 saturated carbocycles. The molecule has 5 nitrogen and oxygen atoms in total. The largest absolute Gasteiger partial charge is 0.506 e. The molecule has 3 N–H and O–H groups in total. The first-order valence-electron chi connectivity index (χ1n) is 9.51. The molecule has 26 heavy (non-hydrogen) atoms. The van der Waals surface area contributed by atoms with Crippen LogP contribution < -0.4 is 15.5 Å². The van der Waals surface area contributed by atoms with Crippen molar-refractivity contribution < 1.29 is 14.3 Å². The highest BCUT2D eigenvalue weighted by molar-refractivity contribution is 5.81. The van der Waals surface area contributed by atoms with E-state index in [2.05, 4.69) is 24.5 Å². The number of carbonyl (C=O) groups excluding carboxylic acids is 1. The number of phenols is 1. The lowest BCUT2D eigenvalue weighted by molar-refractivity contribution is -0.119. The highest BCUT2D eigenvalue weighted by Crippen LogP contribution is 2.37. The summed E-state index contributed by atoms with van der Waals surface area (Å²) in [5.74, 6) is -0.0866. The third-order valence-corrected chi connectivity index (χ3v) is 5.06. The predicted molar refractivity (Wildman–Crippen MR) is 103 cm³/mol. The molecule has 0 aliphatic heterocycles. The van der Waals surface area contributed by atoms with Gasteiger partial charge in [0, 0.05) is 20.1 Å². The molecular formula is C20H32FN3O2. The molecule has 1 aromatic rings. The van der Waals surface area contributed by atoms with Crippen molar-refractivity contribution in [2.75, 3.05) is 32.1 Å². The predicted octanol–water partition coefficient (Wildman–Crippen LogP) is 2.60. The van der Waals surface area contributed by atoms with E-state index >= 15 is 4.39 Å². The van der Waals surface area contributed by atoms with E-state index < -0.39 is 5.82 Å². The third-order valence-electron chi connectivity index (χ3n) is 5.06. The molecule has 0 aromatic heterocycles. The Bertz CT molecular complexity index is 634. The molecular weight excluding hydrogens is 333 g/mol. The summed E-state index contributed by atoms with van der Waals surface area (Å²) in [4.78, 5) is 13.1. The van der Waals surface area contributed by atoms with Crippen molar-refractivity contribution in [2.45, 2.75) is 52.0 Å². The fourth-order valence-electron chi connectivity index (χ4n) is 3.53. The Morgan fingerprint density at radius 1 is 1.46 bits per heavy atom. The second-order valence-corrected chi connectivity index (χ2v) is 7.66. The molecule has 0 radical (unpaired) electrons. The molecule has 146 valence electrons. The molecule has 1 aromatic carbocycles. The number of halogens is 1. The van der Waals surface area contributed by atoms with Crippen LogP contribution in [0, 0.1) is 11.7 Å². The van der Waals surface area contributed by atoms with Crippen LogP contribution >= 0.6 is 0 Å². The standard InChI is InChI=1S/C20H32FN3O2/c1-13(2)8-9-23-15-7-5-6-14-10-17(25)20(19(21)16(14)11-15)24(4)12-18(26)22-3/h10,13,15,23,25H,5-9,11-12H2,1-4H3,(H,22,26). The van der Waals surface area contributed by atoms with Crippen molar-refractivity contribution in [1.29, 1.82) is 0 Å². The van der Waals surface area contributed by atoms with E-state index in [4.69, 9.17) is 0 Å². The zero-order valence-electron chi connectivity index (χ0n) is 16.4. The Labute approximate surface area is 156 Å². The monoisotopic (exact) mass is 365 g/mol. The van der Waals surface area contributed by atoms with Crippen molar-refractivity contribution >= 4 is 11.6 Å². The highest BCUT2D eigenvalue weighted by Gasteiger charge is 2.25. The minimum Gasteiger partial charge on any atom is -0.506 e. The van der Waals surface area contributed by atoms with E-state index in [1.807, 2.05) is 0 Å². The molecule has 6 heteroatoms. The van der Waals surface area contributed by atoms with Gasteiger partial charge in [-0.1, -0.05) is 13.8 Å². The maximum Gasteiger partial charge on any atom is 0.239 e. The lowest BCUT2D eigenvalue weighted by Crippen LogP contribution is -2.34. The number of likely N-dealkylation sites (N-methyl/N-ethyl adjacent to an activating group) is 2. The molecule has 1 unspecified atom stereocenters. The number of anilines is 1. The van der Waals surface area contributed by atoms with Crippen molar-refractivity contribution in [2.24, 2.45) is 5.92 Å². The number of fused-ring (bicyclic) bond motifs is 1.